The van der Waals surface area contributed by atoms with E-state index in [1.165, 1.54) is 0 Å². The largest absolute Gasteiger partial charge is 0.396 e. The second kappa shape index (κ2) is 6.33. The SMILES string of the molecule is CC(C)c1ccc(CN2CCC(CO)C2)cc1[N+](=O)[O-]. The van der Waals surface area contributed by atoms with Gasteiger partial charge in [-0.3, -0.25) is 15.0 Å². The molecule has 0 saturated carbocycles. The molecule has 1 atom stereocenters. The standard InChI is InChI=1S/C15H22N2O3/c1-11(2)14-4-3-12(7-15(14)17(19)20)8-16-6-5-13(9-16)10-18/h3-4,7,11,13,18H,5-6,8-10H2,1-2H3. The predicted octanol–water partition coefficient (Wildman–Crippen LogP) is 2.53. The van der Waals surface area contributed by atoms with Crippen LogP contribution in [-0.4, -0.2) is 34.6 Å². The summed E-state index contributed by atoms with van der Waals surface area (Å²) in [7, 11) is 0. The molecule has 1 aromatic carbocycles. The number of hydrogen-bond acceptors (Lipinski definition) is 4. The van der Waals surface area contributed by atoms with Gasteiger partial charge in [0.15, 0.2) is 0 Å². The van der Waals surface area contributed by atoms with Gasteiger partial charge < -0.3 is 5.11 Å². The molecule has 0 spiro atoms. The van der Waals surface area contributed by atoms with Crippen LogP contribution in [0.4, 0.5) is 5.69 Å². The first-order valence-electron chi connectivity index (χ1n) is 7.11. The van der Waals surface area contributed by atoms with Crippen LogP contribution in [0, 0.1) is 16.0 Å². The maximum Gasteiger partial charge on any atom is 0.273 e. The maximum absolute atomic E-state index is 11.2. The van der Waals surface area contributed by atoms with Crippen molar-refractivity contribution < 1.29 is 10.0 Å². The van der Waals surface area contributed by atoms with Crippen LogP contribution in [0.3, 0.4) is 0 Å². The fraction of sp³-hybridized carbons (Fsp3) is 0.600. The predicted molar refractivity (Wildman–Crippen MR) is 77.7 cm³/mol. The topological polar surface area (TPSA) is 66.6 Å². The molecule has 1 heterocycles. The van der Waals surface area contributed by atoms with Gasteiger partial charge in [-0.25, -0.2) is 0 Å². The van der Waals surface area contributed by atoms with Crippen LogP contribution in [0.1, 0.15) is 37.3 Å². The highest BCUT2D eigenvalue weighted by molar-refractivity contribution is 5.45. The molecule has 5 heteroatoms. The molecule has 1 aliphatic rings. The number of aliphatic hydroxyl groups excluding tert-OH is 1. The molecule has 5 nitrogen and oxygen atoms in total. The monoisotopic (exact) mass is 278 g/mol. The van der Waals surface area contributed by atoms with Crippen molar-refractivity contribution in [3.63, 3.8) is 0 Å². The van der Waals surface area contributed by atoms with Crippen molar-refractivity contribution in [2.45, 2.75) is 32.7 Å². The van der Waals surface area contributed by atoms with Crippen molar-refractivity contribution in [3.8, 4) is 0 Å². The van der Waals surface area contributed by atoms with Gasteiger partial charge in [0, 0.05) is 31.3 Å². The Hall–Kier alpha value is -1.46. The highest BCUT2D eigenvalue weighted by atomic mass is 16.6. The fourth-order valence-corrected chi connectivity index (χ4v) is 2.80. The van der Waals surface area contributed by atoms with E-state index in [0.717, 1.165) is 37.2 Å². The average Bonchev–Trinajstić information content (AvgIpc) is 2.86. The van der Waals surface area contributed by atoms with Gasteiger partial charge in [0.1, 0.15) is 0 Å². The van der Waals surface area contributed by atoms with Gasteiger partial charge >= 0.3 is 0 Å². The lowest BCUT2D eigenvalue weighted by Crippen LogP contribution is -2.21. The van der Waals surface area contributed by atoms with E-state index in [1.54, 1.807) is 6.07 Å². The zero-order valence-electron chi connectivity index (χ0n) is 12.1. The highest BCUT2D eigenvalue weighted by Gasteiger charge is 2.23. The van der Waals surface area contributed by atoms with Crippen molar-refractivity contribution >= 4 is 5.69 Å². The summed E-state index contributed by atoms with van der Waals surface area (Å²) in [5, 5.41) is 20.3. The third kappa shape index (κ3) is 3.35. The number of likely N-dealkylation sites (tertiary alicyclic amines) is 1. The molecular formula is C15H22N2O3. The van der Waals surface area contributed by atoms with Gasteiger partial charge in [-0.15, -0.1) is 0 Å². The lowest BCUT2D eigenvalue weighted by Gasteiger charge is -2.16. The summed E-state index contributed by atoms with van der Waals surface area (Å²) in [5.74, 6) is 0.495. The molecule has 1 saturated heterocycles. The van der Waals surface area contributed by atoms with Crippen LogP contribution in [0.5, 0.6) is 0 Å². The Kier molecular flexibility index (Phi) is 4.73. The second-order valence-corrected chi connectivity index (χ2v) is 5.88. The molecule has 0 aromatic heterocycles. The van der Waals surface area contributed by atoms with Crippen LogP contribution < -0.4 is 0 Å². The van der Waals surface area contributed by atoms with Gasteiger partial charge in [-0.1, -0.05) is 26.0 Å². The summed E-state index contributed by atoms with van der Waals surface area (Å²) in [6.07, 6.45) is 1.00. The van der Waals surface area contributed by atoms with Gasteiger partial charge in [0.25, 0.3) is 5.69 Å². The van der Waals surface area contributed by atoms with Crippen molar-refractivity contribution in [1.82, 2.24) is 4.90 Å². The first kappa shape index (κ1) is 14.9. The van der Waals surface area contributed by atoms with Crippen LogP contribution in [0.2, 0.25) is 0 Å². The summed E-state index contributed by atoms with van der Waals surface area (Å²) >= 11 is 0. The number of nitrogens with zero attached hydrogens (tertiary/aromatic N) is 2. The molecule has 20 heavy (non-hydrogen) atoms. The van der Waals surface area contributed by atoms with E-state index in [0.29, 0.717) is 5.92 Å². The molecule has 0 aliphatic carbocycles. The first-order valence-corrected chi connectivity index (χ1v) is 7.11. The summed E-state index contributed by atoms with van der Waals surface area (Å²) < 4.78 is 0. The number of hydrogen-bond donors (Lipinski definition) is 1. The Morgan fingerprint density at radius 1 is 1.50 bits per heavy atom. The minimum absolute atomic E-state index is 0.148. The van der Waals surface area contributed by atoms with Crippen molar-refractivity contribution in [1.29, 1.82) is 0 Å². The Bertz CT molecular complexity index is 488. The van der Waals surface area contributed by atoms with E-state index >= 15 is 0 Å². The summed E-state index contributed by atoms with van der Waals surface area (Å²) in [5.41, 5.74) is 1.98. The van der Waals surface area contributed by atoms with E-state index in [-0.39, 0.29) is 23.1 Å². The molecule has 1 unspecified atom stereocenters. The number of nitro groups is 1. The third-order valence-electron chi connectivity index (χ3n) is 3.95. The zero-order valence-corrected chi connectivity index (χ0v) is 12.1. The van der Waals surface area contributed by atoms with Gasteiger partial charge in [-0.05, 0) is 30.4 Å². The fourth-order valence-electron chi connectivity index (χ4n) is 2.80. The van der Waals surface area contributed by atoms with Crippen molar-refractivity contribution in [2.24, 2.45) is 5.92 Å². The average molecular weight is 278 g/mol. The Morgan fingerprint density at radius 3 is 2.80 bits per heavy atom. The smallest absolute Gasteiger partial charge is 0.273 e. The zero-order chi connectivity index (χ0) is 14.7. The van der Waals surface area contributed by atoms with Crippen LogP contribution in [-0.2, 0) is 6.54 Å². The highest BCUT2D eigenvalue weighted by Crippen LogP contribution is 2.28. The normalized spacial score (nSPS) is 19.7. The molecule has 110 valence electrons. The molecule has 1 fully saturated rings. The molecule has 1 N–H and O–H groups in total. The van der Waals surface area contributed by atoms with E-state index in [1.807, 2.05) is 26.0 Å². The second-order valence-electron chi connectivity index (χ2n) is 5.88. The minimum Gasteiger partial charge on any atom is -0.396 e. The lowest BCUT2D eigenvalue weighted by molar-refractivity contribution is -0.385. The van der Waals surface area contributed by atoms with Gasteiger partial charge in [0.05, 0.1) is 4.92 Å². The minimum atomic E-state index is -0.292. The number of benzene rings is 1. The molecule has 0 amide bonds. The molecule has 1 aromatic rings. The van der Waals surface area contributed by atoms with Crippen LogP contribution in [0.25, 0.3) is 0 Å². The van der Waals surface area contributed by atoms with Gasteiger partial charge in [0.2, 0.25) is 0 Å². The number of nitro benzene ring substituents is 1. The molecule has 1 aliphatic heterocycles. The number of rotatable bonds is 5. The Balaban J connectivity index is 2.13. The van der Waals surface area contributed by atoms with Crippen molar-refractivity contribution in [3.05, 3.63) is 39.4 Å². The van der Waals surface area contributed by atoms with Crippen molar-refractivity contribution in [2.75, 3.05) is 19.7 Å². The van der Waals surface area contributed by atoms with Crippen LogP contribution >= 0.6 is 0 Å². The molecule has 2 rings (SSSR count). The van der Waals surface area contributed by atoms with E-state index in [2.05, 4.69) is 4.90 Å². The summed E-state index contributed by atoms with van der Waals surface area (Å²) in [4.78, 5) is 13.1. The molecular weight excluding hydrogens is 256 g/mol. The Labute approximate surface area is 119 Å². The first-order chi connectivity index (χ1) is 9.51. The number of aliphatic hydroxyl groups is 1. The molecule has 0 radical (unpaired) electrons. The van der Waals surface area contributed by atoms with Crippen LogP contribution in [0.15, 0.2) is 18.2 Å². The Morgan fingerprint density at radius 2 is 2.25 bits per heavy atom. The van der Waals surface area contributed by atoms with E-state index in [4.69, 9.17) is 5.11 Å². The lowest BCUT2D eigenvalue weighted by atomic mass is 9.99. The summed E-state index contributed by atoms with van der Waals surface area (Å²) in [6.45, 7) is 6.70. The van der Waals surface area contributed by atoms with Gasteiger partial charge in [-0.2, -0.15) is 0 Å². The van der Waals surface area contributed by atoms with E-state index in [9.17, 15) is 10.1 Å². The maximum atomic E-state index is 11.2. The quantitative estimate of drug-likeness (QED) is 0.664. The van der Waals surface area contributed by atoms with E-state index < -0.39 is 0 Å². The third-order valence-corrected chi connectivity index (χ3v) is 3.95. The summed E-state index contributed by atoms with van der Waals surface area (Å²) in [6, 6.07) is 5.55. The molecule has 0 bridgehead atoms.